The standard InChI is InChI=1S/C10H15N3O/c1-2-12-10-7-8(5-6-14)3-4-9(10)13-11/h3,14H,2,4-7H2,1H3. The molecule has 0 spiro atoms. The van der Waals surface area contributed by atoms with Crippen LogP contribution in [0.1, 0.15) is 26.2 Å². The molecule has 0 aromatic heterocycles. The minimum atomic E-state index is 0.164. The SMILES string of the molecule is CCN=C1CC(CCO)=CCC1=[N+]=[N-]. The third-order valence-corrected chi connectivity index (χ3v) is 2.21. The largest absolute Gasteiger partial charge is 0.396 e. The highest BCUT2D eigenvalue weighted by atomic mass is 16.2. The summed E-state index contributed by atoms with van der Waals surface area (Å²) in [4.78, 5) is 7.49. The van der Waals surface area contributed by atoms with Gasteiger partial charge in [-0.2, -0.15) is 4.79 Å². The van der Waals surface area contributed by atoms with Crippen molar-refractivity contribution in [1.29, 1.82) is 0 Å². The van der Waals surface area contributed by atoms with E-state index in [-0.39, 0.29) is 6.61 Å². The molecule has 1 N–H and O–H groups in total. The lowest BCUT2D eigenvalue weighted by molar-refractivity contribution is -0.00389. The van der Waals surface area contributed by atoms with E-state index in [4.69, 9.17) is 10.6 Å². The van der Waals surface area contributed by atoms with E-state index in [1.165, 1.54) is 5.57 Å². The summed E-state index contributed by atoms with van der Waals surface area (Å²) in [6.45, 7) is 2.81. The monoisotopic (exact) mass is 193 g/mol. The summed E-state index contributed by atoms with van der Waals surface area (Å²) in [5.41, 5.74) is 11.4. The molecule has 0 aromatic carbocycles. The van der Waals surface area contributed by atoms with Crippen molar-refractivity contribution < 1.29 is 9.90 Å². The van der Waals surface area contributed by atoms with Crippen LogP contribution in [0.5, 0.6) is 0 Å². The fourth-order valence-electron chi connectivity index (χ4n) is 1.52. The number of aliphatic hydroxyl groups is 1. The molecule has 4 heteroatoms. The van der Waals surface area contributed by atoms with E-state index in [0.29, 0.717) is 31.5 Å². The molecule has 4 nitrogen and oxygen atoms in total. The van der Waals surface area contributed by atoms with Crippen molar-refractivity contribution in [2.45, 2.75) is 26.2 Å². The van der Waals surface area contributed by atoms with Crippen molar-refractivity contribution in [2.24, 2.45) is 4.99 Å². The molecule has 1 rings (SSSR count). The Morgan fingerprint density at radius 3 is 3.00 bits per heavy atom. The van der Waals surface area contributed by atoms with Crippen molar-refractivity contribution in [3.8, 4) is 0 Å². The summed E-state index contributed by atoms with van der Waals surface area (Å²) in [6.07, 6.45) is 4.00. The maximum Gasteiger partial charge on any atom is 0.316 e. The van der Waals surface area contributed by atoms with Gasteiger partial charge in [0, 0.05) is 19.6 Å². The molecule has 76 valence electrons. The lowest BCUT2D eigenvalue weighted by Gasteiger charge is -2.10. The van der Waals surface area contributed by atoms with Gasteiger partial charge in [-0.05, 0) is 13.3 Å². The summed E-state index contributed by atoms with van der Waals surface area (Å²) < 4.78 is 0. The fraction of sp³-hybridized carbons (Fsp3) is 0.600. The van der Waals surface area contributed by atoms with Gasteiger partial charge in [-0.1, -0.05) is 11.6 Å². The molecule has 1 aliphatic rings. The van der Waals surface area contributed by atoms with Crippen molar-refractivity contribution in [3.05, 3.63) is 17.2 Å². The molecular formula is C10H15N3O. The zero-order chi connectivity index (χ0) is 10.4. The van der Waals surface area contributed by atoms with Gasteiger partial charge in [0.1, 0.15) is 5.71 Å². The van der Waals surface area contributed by atoms with Crippen LogP contribution in [0.25, 0.3) is 5.53 Å². The highest BCUT2D eigenvalue weighted by Gasteiger charge is 2.21. The number of rotatable bonds is 3. The van der Waals surface area contributed by atoms with Crippen LogP contribution in [0.15, 0.2) is 16.6 Å². The second-order valence-corrected chi connectivity index (χ2v) is 3.18. The topological polar surface area (TPSA) is 69.0 Å². The number of hydrogen-bond donors (Lipinski definition) is 1. The van der Waals surface area contributed by atoms with Crippen LogP contribution in [0.3, 0.4) is 0 Å². The minimum absolute atomic E-state index is 0.164. The van der Waals surface area contributed by atoms with Crippen LogP contribution >= 0.6 is 0 Å². The zero-order valence-corrected chi connectivity index (χ0v) is 8.40. The van der Waals surface area contributed by atoms with Gasteiger partial charge < -0.3 is 10.6 Å². The Morgan fingerprint density at radius 1 is 1.64 bits per heavy atom. The first kappa shape index (κ1) is 10.8. The molecule has 0 bridgehead atoms. The highest BCUT2D eigenvalue weighted by Crippen LogP contribution is 2.16. The normalized spacial score (nSPS) is 19.4. The van der Waals surface area contributed by atoms with Gasteiger partial charge in [0.15, 0.2) is 0 Å². The van der Waals surface area contributed by atoms with Crippen molar-refractivity contribution in [3.63, 3.8) is 0 Å². The molecule has 0 aliphatic heterocycles. The van der Waals surface area contributed by atoms with Crippen LogP contribution in [0.4, 0.5) is 0 Å². The van der Waals surface area contributed by atoms with E-state index < -0.39 is 0 Å². The molecule has 0 saturated carbocycles. The highest BCUT2D eigenvalue weighted by molar-refractivity contribution is 6.41. The summed E-state index contributed by atoms with van der Waals surface area (Å²) in [5, 5.41) is 8.80. The molecule has 0 atom stereocenters. The fourth-order valence-corrected chi connectivity index (χ4v) is 1.52. The van der Waals surface area contributed by atoms with Gasteiger partial charge in [-0.15, -0.1) is 0 Å². The van der Waals surface area contributed by atoms with Gasteiger partial charge in [-0.25, -0.2) is 0 Å². The first-order valence-electron chi connectivity index (χ1n) is 4.85. The van der Waals surface area contributed by atoms with Crippen LogP contribution in [-0.2, 0) is 0 Å². The maximum absolute atomic E-state index is 8.80. The summed E-state index contributed by atoms with van der Waals surface area (Å²) in [5.74, 6) is 0. The molecule has 0 fully saturated rings. The first-order chi connectivity index (χ1) is 6.81. The second kappa shape index (κ2) is 5.47. The number of aliphatic imine (C=N–C) groups is 1. The Kier molecular flexibility index (Phi) is 4.23. The minimum Gasteiger partial charge on any atom is -0.396 e. The molecule has 14 heavy (non-hydrogen) atoms. The van der Waals surface area contributed by atoms with E-state index in [2.05, 4.69) is 9.78 Å². The average molecular weight is 193 g/mol. The quantitative estimate of drug-likeness (QED) is 0.408. The molecule has 0 aromatic rings. The predicted molar refractivity (Wildman–Crippen MR) is 55.6 cm³/mol. The van der Waals surface area contributed by atoms with Gasteiger partial charge in [0.25, 0.3) is 0 Å². The summed E-state index contributed by atoms with van der Waals surface area (Å²) in [7, 11) is 0. The Balaban J connectivity index is 2.81. The molecule has 0 amide bonds. The van der Waals surface area contributed by atoms with Gasteiger partial charge in [0.2, 0.25) is 0 Å². The van der Waals surface area contributed by atoms with Crippen molar-refractivity contribution in [1.82, 2.24) is 0 Å². The second-order valence-electron chi connectivity index (χ2n) is 3.18. The molecule has 0 radical (unpaired) electrons. The van der Waals surface area contributed by atoms with Gasteiger partial charge in [-0.3, -0.25) is 4.99 Å². The average Bonchev–Trinajstić information content (AvgIpc) is 2.19. The predicted octanol–water partition coefficient (Wildman–Crippen LogP) is 1.22. The maximum atomic E-state index is 8.80. The van der Waals surface area contributed by atoms with Crippen LogP contribution in [0.2, 0.25) is 0 Å². The van der Waals surface area contributed by atoms with Crippen LogP contribution in [-0.4, -0.2) is 34.5 Å². The number of nitrogens with zero attached hydrogens (tertiary/aromatic N) is 3. The number of hydrogen-bond acceptors (Lipinski definition) is 2. The summed E-state index contributed by atoms with van der Waals surface area (Å²) >= 11 is 0. The zero-order valence-electron chi connectivity index (χ0n) is 8.40. The lowest BCUT2D eigenvalue weighted by atomic mass is 9.94. The molecule has 0 unspecified atom stereocenters. The Hall–Kier alpha value is -1.25. The van der Waals surface area contributed by atoms with Crippen LogP contribution < -0.4 is 0 Å². The van der Waals surface area contributed by atoms with E-state index in [1.807, 2.05) is 13.0 Å². The lowest BCUT2D eigenvalue weighted by Crippen LogP contribution is -2.20. The number of aliphatic hydroxyl groups excluding tert-OH is 1. The van der Waals surface area contributed by atoms with Crippen molar-refractivity contribution >= 4 is 11.4 Å². The first-order valence-corrected chi connectivity index (χ1v) is 4.85. The van der Waals surface area contributed by atoms with E-state index in [9.17, 15) is 0 Å². The van der Waals surface area contributed by atoms with E-state index in [0.717, 1.165) is 5.71 Å². The smallest absolute Gasteiger partial charge is 0.316 e. The Labute approximate surface area is 83.6 Å². The Morgan fingerprint density at radius 2 is 2.43 bits per heavy atom. The van der Waals surface area contributed by atoms with Gasteiger partial charge >= 0.3 is 5.71 Å². The molecule has 1 aliphatic carbocycles. The summed E-state index contributed by atoms with van der Waals surface area (Å²) in [6, 6.07) is 0. The van der Waals surface area contributed by atoms with Gasteiger partial charge in [0.05, 0.1) is 6.42 Å². The number of allylic oxidation sites excluding steroid dienone is 1. The molecule has 0 saturated heterocycles. The third-order valence-electron chi connectivity index (χ3n) is 2.21. The molecular weight excluding hydrogens is 178 g/mol. The third kappa shape index (κ3) is 2.62. The Bertz CT molecular complexity index is 311. The molecule has 0 heterocycles. The van der Waals surface area contributed by atoms with E-state index in [1.54, 1.807) is 0 Å². The van der Waals surface area contributed by atoms with Crippen LogP contribution in [0, 0.1) is 0 Å². The van der Waals surface area contributed by atoms with Crippen molar-refractivity contribution in [2.75, 3.05) is 13.2 Å². The van der Waals surface area contributed by atoms with E-state index >= 15 is 0 Å².